The van der Waals surface area contributed by atoms with Crippen LogP contribution in [0.5, 0.6) is 11.5 Å². The molecule has 0 aliphatic carbocycles. The molecule has 0 spiro atoms. The number of amides is 1. The number of aromatic nitrogens is 2. The first-order valence-corrected chi connectivity index (χ1v) is 7.84. The molecule has 7 heteroatoms. The minimum Gasteiger partial charge on any atom is -0.493 e. The van der Waals surface area contributed by atoms with E-state index in [1.807, 2.05) is 12.1 Å². The number of carbonyl (C=O) groups is 1. The number of methoxy groups -OCH3 is 1. The molecule has 2 aromatic carbocycles. The highest BCUT2D eigenvalue weighted by Crippen LogP contribution is 2.28. The van der Waals surface area contributed by atoms with E-state index in [2.05, 4.69) is 21.2 Å². The molecule has 1 amide bonds. The molecule has 26 heavy (non-hydrogen) atoms. The Balaban J connectivity index is 1.72. The predicted octanol–water partition coefficient (Wildman–Crippen LogP) is 1.81. The van der Waals surface area contributed by atoms with Gasteiger partial charge in [-0.1, -0.05) is 12.0 Å². The van der Waals surface area contributed by atoms with E-state index in [1.165, 1.54) is 7.11 Å². The third kappa shape index (κ3) is 3.70. The number of aromatic amines is 2. The third-order valence-electron chi connectivity index (χ3n) is 3.77. The number of terminal acetylenes is 1. The Morgan fingerprint density at radius 3 is 2.73 bits per heavy atom. The first-order chi connectivity index (χ1) is 12.6. The maximum atomic E-state index is 12.4. The van der Waals surface area contributed by atoms with Crippen molar-refractivity contribution in [1.29, 1.82) is 0 Å². The van der Waals surface area contributed by atoms with Crippen molar-refractivity contribution in [2.75, 3.05) is 13.7 Å². The number of hydrogen-bond acceptors (Lipinski definition) is 4. The standard InChI is InChI=1S/C19H17N3O4/c1-3-8-26-17-10-13(5-7-16(17)25-2)18(23)20-11-12-4-6-14-15(9-12)22-19(24)21-14/h1,4-7,9-10H,8,11H2,2H3,(H,20,23)(H2,21,22,24). The molecular formula is C19H17N3O4. The molecule has 3 rings (SSSR count). The zero-order chi connectivity index (χ0) is 18.5. The monoisotopic (exact) mass is 351 g/mol. The summed E-state index contributed by atoms with van der Waals surface area (Å²) in [6.07, 6.45) is 5.20. The number of imidazole rings is 1. The van der Waals surface area contributed by atoms with Gasteiger partial charge in [0.2, 0.25) is 0 Å². The van der Waals surface area contributed by atoms with Crippen LogP contribution in [0.25, 0.3) is 11.0 Å². The van der Waals surface area contributed by atoms with Crippen LogP contribution in [0.15, 0.2) is 41.2 Å². The lowest BCUT2D eigenvalue weighted by molar-refractivity contribution is 0.0950. The second-order valence-corrected chi connectivity index (χ2v) is 5.50. The maximum absolute atomic E-state index is 12.4. The maximum Gasteiger partial charge on any atom is 0.323 e. The molecule has 0 bridgehead atoms. The number of nitrogens with one attached hydrogen (secondary N) is 3. The van der Waals surface area contributed by atoms with Crippen molar-refractivity contribution in [3.63, 3.8) is 0 Å². The lowest BCUT2D eigenvalue weighted by Crippen LogP contribution is -2.22. The van der Waals surface area contributed by atoms with Crippen LogP contribution in [0.3, 0.4) is 0 Å². The molecule has 7 nitrogen and oxygen atoms in total. The number of carbonyl (C=O) groups excluding carboxylic acids is 1. The van der Waals surface area contributed by atoms with Crippen molar-refractivity contribution in [2.24, 2.45) is 0 Å². The Kier molecular flexibility index (Phi) is 4.94. The second kappa shape index (κ2) is 7.49. The number of benzene rings is 2. The summed E-state index contributed by atoms with van der Waals surface area (Å²) in [5.41, 5.74) is 2.43. The summed E-state index contributed by atoms with van der Waals surface area (Å²) in [6, 6.07) is 10.3. The molecule has 0 atom stereocenters. The molecule has 0 aliphatic rings. The zero-order valence-electron chi connectivity index (χ0n) is 14.1. The zero-order valence-corrected chi connectivity index (χ0v) is 14.1. The smallest absolute Gasteiger partial charge is 0.323 e. The summed E-state index contributed by atoms with van der Waals surface area (Å²) < 4.78 is 10.6. The molecular weight excluding hydrogens is 334 g/mol. The van der Waals surface area contributed by atoms with Crippen molar-refractivity contribution in [1.82, 2.24) is 15.3 Å². The van der Waals surface area contributed by atoms with Gasteiger partial charge in [-0.15, -0.1) is 6.42 Å². The molecule has 0 saturated carbocycles. The minimum absolute atomic E-state index is 0.0797. The van der Waals surface area contributed by atoms with Gasteiger partial charge in [-0.3, -0.25) is 4.79 Å². The fraction of sp³-hybridized carbons (Fsp3) is 0.158. The fourth-order valence-electron chi connectivity index (χ4n) is 2.52. The van der Waals surface area contributed by atoms with Crippen LogP contribution in [-0.2, 0) is 6.54 Å². The number of hydrogen-bond donors (Lipinski definition) is 3. The van der Waals surface area contributed by atoms with Crippen LogP contribution >= 0.6 is 0 Å². The van der Waals surface area contributed by atoms with Crippen molar-refractivity contribution in [3.05, 3.63) is 58.0 Å². The average molecular weight is 351 g/mol. The summed E-state index contributed by atoms with van der Waals surface area (Å²) in [5, 5.41) is 2.83. The predicted molar refractivity (Wildman–Crippen MR) is 97.4 cm³/mol. The minimum atomic E-state index is -0.265. The fourth-order valence-corrected chi connectivity index (χ4v) is 2.52. The molecule has 0 radical (unpaired) electrons. The van der Waals surface area contributed by atoms with Crippen LogP contribution in [0, 0.1) is 12.3 Å². The van der Waals surface area contributed by atoms with E-state index in [0.29, 0.717) is 29.1 Å². The Morgan fingerprint density at radius 1 is 1.15 bits per heavy atom. The Hall–Kier alpha value is -3.66. The third-order valence-corrected chi connectivity index (χ3v) is 3.77. The molecule has 3 aromatic rings. The second-order valence-electron chi connectivity index (χ2n) is 5.50. The van der Waals surface area contributed by atoms with Crippen molar-refractivity contribution in [3.8, 4) is 23.8 Å². The highest BCUT2D eigenvalue weighted by Gasteiger charge is 2.11. The van der Waals surface area contributed by atoms with Gasteiger partial charge in [0.15, 0.2) is 11.5 Å². The largest absolute Gasteiger partial charge is 0.493 e. The van der Waals surface area contributed by atoms with E-state index in [0.717, 1.165) is 11.1 Å². The number of fused-ring (bicyclic) bond motifs is 1. The molecule has 3 N–H and O–H groups in total. The molecule has 0 fully saturated rings. The highest BCUT2D eigenvalue weighted by atomic mass is 16.5. The number of ether oxygens (including phenoxy) is 2. The highest BCUT2D eigenvalue weighted by molar-refractivity contribution is 5.94. The number of rotatable bonds is 6. The normalized spacial score (nSPS) is 10.3. The molecule has 132 valence electrons. The van der Waals surface area contributed by atoms with E-state index in [9.17, 15) is 9.59 Å². The van der Waals surface area contributed by atoms with E-state index in [-0.39, 0.29) is 18.2 Å². The number of H-pyrrole nitrogens is 2. The quantitative estimate of drug-likeness (QED) is 0.590. The molecule has 0 unspecified atom stereocenters. The molecule has 1 heterocycles. The van der Waals surface area contributed by atoms with Crippen LogP contribution in [0.2, 0.25) is 0 Å². The van der Waals surface area contributed by atoms with Crippen molar-refractivity contribution >= 4 is 16.9 Å². The lowest BCUT2D eigenvalue weighted by Gasteiger charge is -2.11. The molecule has 0 aliphatic heterocycles. The van der Waals surface area contributed by atoms with Gasteiger partial charge in [0.1, 0.15) is 6.61 Å². The SMILES string of the molecule is C#CCOc1cc(C(=O)NCc2ccc3[nH]c(=O)[nH]c3c2)ccc1OC. The first-order valence-electron chi connectivity index (χ1n) is 7.84. The topological polar surface area (TPSA) is 96.2 Å². The van der Waals surface area contributed by atoms with Gasteiger partial charge in [-0.25, -0.2) is 4.79 Å². The first kappa shape index (κ1) is 17.2. The van der Waals surface area contributed by atoms with Crippen molar-refractivity contribution in [2.45, 2.75) is 6.54 Å². The van der Waals surface area contributed by atoms with Gasteiger partial charge in [0.25, 0.3) is 5.91 Å². The van der Waals surface area contributed by atoms with E-state index < -0.39 is 0 Å². The summed E-state index contributed by atoms with van der Waals surface area (Å²) in [7, 11) is 1.51. The lowest BCUT2D eigenvalue weighted by atomic mass is 10.1. The van der Waals surface area contributed by atoms with Gasteiger partial charge >= 0.3 is 5.69 Å². The van der Waals surface area contributed by atoms with Gasteiger partial charge in [0.05, 0.1) is 18.1 Å². The van der Waals surface area contributed by atoms with Gasteiger partial charge in [-0.2, -0.15) is 0 Å². The van der Waals surface area contributed by atoms with E-state index in [1.54, 1.807) is 24.3 Å². The Morgan fingerprint density at radius 2 is 1.96 bits per heavy atom. The van der Waals surface area contributed by atoms with Crippen LogP contribution in [0.4, 0.5) is 0 Å². The molecule has 1 aromatic heterocycles. The Bertz CT molecular complexity index is 1040. The van der Waals surface area contributed by atoms with E-state index >= 15 is 0 Å². The summed E-state index contributed by atoms with van der Waals surface area (Å²) in [4.78, 5) is 29.1. The van der Waals surface area contributed by atoms with Crippen LogP contribution in [0.1, 0.15) is 15.9 Å². The van der Waals surface area contributed by atoms with Crippen molar-refractivity contribution < 1.29 is 14.3 Å². The van der Waals surface area contributed by atoms with E-state index in [4.69, 9.17) is 15.9 Å². The summed E-state index contributed by atoms with van der Waals surface area (Å²) in [5.74, 6) is 3.02. The Labute approximate surface area is 149 Å². The summed E-state index contributed by atoms with van der Waals surface area (Å²) in [6.45, 7) is 0.394. The molecule has 0 saturated heterocycles. The summed E-state index contributed by atoms with van der Waals surface area (Å²) >= 11 is 0. The van der Waals surface area contributed by atoms with Crippen LogP contribution in [-0.4, -0.2) is 29.6 Å². The van der Waals surface area contributed by atoms with Gasteiger partial charge in [0, 0.05) is 12.1 Å². The van der Waals surface area contributed by atoms with Gasteiger partial charge < -0.3 is 24.8 Å². The van der Waals surface area contributed by atoms with Crippen LogP contribution < -0.4 is 20.5 Å². The average Bonchev–Trinajstić information content (AvgIpc) is 3.03. The van der Waals surface area contributed by atoms with Gasteiger partial charge in [-0.05, 0) is 35.9 Å².